The van der Waals surface area contributed by atoms with Gasteiger partial charge < -0.3 is 10.0 Å². The lowest BCUT2D eigenvalue weighted by molar-refractivity contribution is 0.0696. The molecule has 20 heavy (non-hydrogen) atoms. The summed E-state index contributed by atoms with van der Waals surface area (Å²) in [7, 11) is -1.94. The van der Waals surface area contributed by atoms with E-state index in [9.17, 15) is 13.2 Å². The van der Waals surface area contributed by atoms with Crippen LogP contribution >= 0.6 is 0 Å². The van der Waals surface area contributed by atoms with E-state index in [-0.39, 0.29) is 15.4 Å². The van der Waals surface area contributed by atoms with Gasteiger partial charge in [-0.05, 0) is 30.3 Å². The van der Waals surface area contributed by atoms with Crippen LogP contribution in [0.3, 0.4) is 0 Å². The van der Waals surface area contributed by atoms with Crippen molar-refractivity contribution < 1.29 is 18.3 Å². The Morgan fingerprint density at radius 3 is 2.40 bits per heavy atom. The summed E-state index contributed by atoms with van der Waals surface area (Å²) in [6.45, 7) is 0. The highest BCUT2D eigenvalue weighted by molar-refractivity contribution is 7.92. The van der Waals surface area contributed by atoms with Crippen molar-refractivity contribution in [2.75, 3.05) is 11.9 Å². The first-order valence-corrected chi connectivity index (χ1v) is 7.36. The third-order valence-electron chi connectivity index (χ3n) is 3.37. The molecule has 102 valence electrons. The van der Waals surface area contributed by atoms with Crippen LogP contribution in [-0.4, -0.2) is 26.5 Å². The Balaban J connectivity index is 2.35. The molecule has 1 heterocycles. The number of benzene rings is 2. The number of sulfone groups is 1. The molecule has 0 aromatic heterocycles. The number of nitrogens with zero attached hydrogens (tertiary/aromatic N) is 1. The summed E-state index contributed by atoms with van der Waals surface area (Å²) >= 11 is 0. The lowest BCUT2D eigenvalue weighted by Crippen LogP contribution is -2.22. The number of para-hydroxylation sites is 1. The number of carboxylic acids is 1. The lowest BCUT2D eigenvalue weighted by Gasteiger charge is -2.29. The normalized spacial score (nSPS) is 15.3. The van der Waals surface area contributed by atoms with Gasteiger partial charge in [-0.3, -0.25) is 0 Å². The van der Waals surface area contributed by atoms with Crippen LogP contribution in [0.2, 0.25) is 0 Å². The zero-order chi connectivity index (χ0) is 14.5. The second kappa shape index (κ2) is 4.08. The molecule has 0 bridgehead atoms. The molecule has 1 aliphatic heterocycles. The first-order chi connectivity index (χ1) is 9.43. The van der Waals surface area contributed by atoms with Crippen molar-refractivity contribution in [3.63, 3.8) is 0 Å². The maximum absolute atomic E-state index is 12.6. The van der Waals surface area contributed by atoms with Gasteiger partial charge in [-0.1, -0.05) is 12.1 Å². The zero-order valence-electron chi connectivity index (χ0n) is 10.6. The van der Waals surface area contributed by atoms with Crippen LogP contribution in [-0.2, 0) is 9.84 Å². The summed E-state index contributed by atoms with van der Waals surface area (Å²) in [6, 6.07) is 10.8. The number of carboxylic acid groups (broad SMARTS) is 1. The maximum atomic E-state index is 12.6. The van der Waals surface area contributed by atoms with Crippen LogP contribution in [0.4, 0.5) is 11.4 Å². The van der Waals surface area contributed by atoms with Crippen molar-refractivity contribution >= 4 is 27.2 Å². The fraction of sp³-hybridized carbons (Fsp3) is 0.0714. The Kier molecular flexibility index (Phi) is 2.58. The summed E-state index contributed by atoms with van der Waals surface area (Å²) in [5.41, 5.74) is 1.02. The van der Waals surface area contributed by atoms with Gasteiger partial charge in [0.1, 0.15) is 0 Å². The third-order valence-corrected chi connectivity index (χ3v) is 5.20. The molecule has 0 fully saturated rings. The van der Waals surface area contributed by atoms with E-state index in [1.165, 1.54) is 24.3 Å². The maximum Gasteiger partial charge on any atom is 0.335 e. The van der Waals surface area contributed by atoms with E-state index < -0.39 is 15.8 Å². The van der Waals surface area contributed by atoms with Crippen LogP contribution < -0.4 is 4.90 Å². The van der Waals surface area contributed by atoms with Crippen LogP contribution in [0.5, 0.6) is 0 Å². The van der Waals surface area contributed by atoms with Gasteiger partial charge in [0, 0.05) is 7.05 Å². The Morgan fingerprint density at radius 2 is 1.70 bits per heavy atom. The topological polar surface area (TPSA) is 74.7 Å². The molecule has 5 nitrogen and oxygen atoms in total. The average molecular weight is 289 g/mol. The molecular weight excluding hydrogens is 278 g/mol. The fourth-order valence-corrected chi connectivity index (χ4v) is 4.09. The van der Waals surface area contributed by atoms with Crippen molar-refractivity contribution in [3.8, 4) is 0 Å². The number of hydrogen-bond donors (Lipinski definition) is 1. The number of hydrogen-bond acceptors (Lipinski definition) is 4. The molecule has 3 rings (SSSR count). The van der Waals surface area contributed by atoms with Crippen LogP contribution in [0.15, 0.2) is 52.3 Å². The lowest BCUT2D eigenvalue weighted by atomic mass is 10.2. The van der Waals surface area contributed by atoms with Gasteiger partial charge in [-0.25, -0.2) is 13.2 Å². The molecule has 0 spiro atoms. The van der Waals surface area contributed by atoms with Gasteiger partial charge in [-0.15, -0.1) is 0 Å². The molecular formula is C14H11NO4S. The van der Waals surface area contributed by atoms with Crippen LogP contribution in [0, 0.1) is 0 Å². The van der Waals surface area contributed by atoms with E-state index in [0.717, 1.165) is 0 Å². The molecule has 1 N–H and O–H groups in total. The highest BCUT2D eigenvalue weighted by atomic mass is 32.2. The molecule has 1 aliphatic rings. The van der Waals surface area contributed by atoms with E-state index in [0.29, 0.717) is 11.4 Å². The Bertz CT molecular complexity index is 827. The number of carbonyl (C=O) groups is 1. The zero-order valence-corrected chi connectivity index (χ0v) is 11.4. The summed E-state index contributed by atoms with van der Waals surface area (Å²) in [4.78, 5) is 13.0. The van der Waals surface area contributed by atoms with Gasteiger partial charge in [0.2, 0.25) is 9.84 Å². The number of anilines is 2. The summed E-state index contributed by atoms with van der Waals surface area (Å²) in [5, 5.41) is 9.01. The highest BCUT2D eigenvalue weighted by Gasteiger charge is 2.32. The van der Waals surface area contributed by atoms with Crippen molar-refractivity contribution in [2.45, 2.75) is 9.79 Å². The highest BCUT2D eigenvalue weighted by Crippen LogP contribution is 2.43. The standard InChI is InChI=1S/C14H11NO4S/c1-15-10-4-2-3-5-12(10)20(18,19)13-8-9(14(16)17)6-7-11(13)15/h2-8H,1H3,(H,16,17). The van der Waals surface area contributed by atoms with E-state index >= 15 is 0 Å². The molecule has 2 aromatic carbocycles. The molecule has 0 saturated heterocycles. The fourth-order valence-electron chi connectivity index (χ4n) is 2.35. The minimum atomic E-state index is -3.70. The van der Waals surface area contributed by atoms with Crippen molar-refractivity contribution in [1.82, 2.24) is 0 Å². The third kappa shape index (κ3) is 1.61. The van der Waals surface area contributed by atoms with Gasteiger partial charge in [0.25, 0.3) is 0 Å². The minimum Gasteiger partial charge on any atom is -0.478 e. The Hall–Kier alpha value is -2.34. The van der Waals surface area contributed by atoms with Crippen LogP contribution in [0.25, 0.3) is 0 Å². The average Bonchev–Trinajstić information content (AvgIpc) is 2.44. The molecule has 0 radical (unpaired) electrons. The summed E-state index contributed by atoms with van der Waals surface area (Å²) < 4.78 is 25.2. The molecule has 0 saturated carbocycles. The SMILES string of the molecule is CN1c2ccccc2S(=O)(=O)c2cc(C(=O)O)ccc21. The molecule has 0 amide bonds. The second-order valence-electron chi connectivity index (χ2n) is 4.52. The first kappa shape index (κ1) is 12.7. The van der Waals surface area contributed by atoms with Crippen molar-refractivity contribution in [2.24, 2.45) is 0 Å². The van der Waals surface area contributed by atoms with Gasteiger partial charge in [-0.2, -0.15) is 0 Å². The summed E-state index contributed by atoms with van der Waals surface area (Å²) in [5.74, 6) is -1.15. The molecule has 0 atom stereocenters. The van der Waals surface area contributed by atoms with E-state index in [1.807, 2.05) is 0 Å². The Labute approximate surface area is 116 Å². The Morgan fingerprint density at radius 1 is 1.05 bits per heavy atom. The minimum absolute atomic E-state index is 0.0265. The number of fused-ring (bicyclic) bond motifs is 2. The quantitative estimate of drug-likeness (QED) is 0.872. The smallest absolute Gasteiger partial charge is 0.335 e. The monoisotopic (exact) mass is 289 g/mol. The van der Waals surface area contributed by atoms with Crippen molar-refractivity contribution in [1.29, 1.82) is 0 Å². The van der Waals surface area contributed by atoms with E-state index in [4.69, 9.17) is 5.11 Å². The molecule has 0 unspecified atom stereocenters. The van der Waals surface area contributed by atoms with Gasteiger partial charge in [0.05, 0.1) is 26.7 Å². The number of aromatic carboxylic acids is 1. The number of rotatable bonds is 1. The largest absolute Gasteiger partial charge is 0.478 e. The van der Waals surface area contributed by atoms with Crippen molar-refractivity contribution in [3.05, 3.63) is 48.0 Å². The molecule has 0 aliphatic carbocycles. The second-order valence-corrected chi connectivity index (χ2v) is 6.40. The van der Waals surface area contributed by atoms with Gasteiger partial charge in [0.15, 0.2) is 0 Å². The van der Waals surface area contributed by atoms with Gasteiger partial charge >= 0.3 is 5.97 Å². The van der Waals surface area contributed by atoms with E-state index in [2.05, 4.69) is 0 Å². The predicted molar refractivity (Wildman–Crippen MR) is 73.4 cm³/mol. The predicted octanol–water partition coefficient (Wildman–Crippen LogP) is 2.30. The molecule has 6 heteroatoms. The van der Waals surface area contributed by atoms with E-state index in [1.54, 1.807) is 30.1 Å². The molecule has 2 aromatic rings. The summed E-state index contributed by atoms with van der Waals surface area (Å²) in [6.07, 6.45) is 0. The first-order valence-electron chi connectivity index (χ1n) is 5.88. The van der Waals surface area contributed by atoms with Crippen LogP contribution in [0.1, 0.15) is 10.4 Å².